The van der Waals surface area contributed by atoms with Gasteiger partial charge in [-0.3, -0.25) is 15.1 Å². The molecule has 0 aliphatic carbocycles. The molecule has 21 heavy (non-hydrogen) atoms. The highest BCUT2D eigenvalue weighted by Gasteiger charge is 2.54. The highest BCUT2D eigenvalue weighted by atomic mass is 16.6. The van der Waals surface area contributed by atoms with E-state index in [1.807, 2.05) is 13.8 Å². The van der Waals surface area contributed by atoms with E-state index in [1.54, 1.807) is 34.6 Å². The van der Waals surface area contributed by atoms with Crippen LogP contribution in [0.5, 0.6) is 0 Å². The molecule has 0 saturated carbocycles. The normalized spacial score (nSPS) is 25.1. The number of amides is 2. The zero-order valence-corrected chi connectivity index (χ0v) is 13.9. The van der Waals surface area contributed by atoms with Crippen LogP contribution in [0.2, 0.25) is 0 Å². The molecular weight excluding hydrogens is 274 g/mol. The maximum absolute atomic E-state index is 12.5. The number of hydrazine groups is 1. The third-order valence-electron chi connectivity index (χ3n) is 3.28. The van der Waals surface area contributed by atoms with Gasteiger partial charge in [0.2, 0.25) is 0 Å². The lowest BCUT2D eigenvalue weighted by Crippen LogP contribution is -2.53. The third-order valence-corrected chi connectivity index (χ3v) is 3.28. The smallest absolute Gasteiger partial charge is 0.412 e. The van der Waals surface area contributed by atoms with Crippen molar-refractivity contribution in [2.24, 2.45) is 11.8 Å². The largest absolute Gasteiger partial charge is 0.444 e. The first-order valence-electron chi connectivity index (χ1n) is 7.11. The first kappa shape index (κ1) is 17.7. The summed E-state index contributed by atoms with van der Waals surface area (Å²) in [5.41, 5.74) is 0.522. The molecular formula is C14H27N3O4. The van der Waals surface area contributed by atoms with E-state index in [1.165, 1.54) is 4.90 Å². The van der Waals surface area contributed by atoms with Crippen molar-refractivity contribution < 1.29 is 19.1 Å². The molecule has 1 saturated heterocycles. The van der Waals surface area contributed by atoms with Crippen LogP contribution in [0.3, 0.4) is 0 Å². The molecule has 0 aromatic heterocycles. The predicted octanol–water partition coefficient (Wildman–Crippen LogP) is 1.37. The highest BCUT2D eigenvalue weighted by Crippen LogP contribution is 2.37. The summed E-state index contributed by atoms with van der Waals surface area (Å²) in [4.78, 5) is 25.9. The maximum Gasteiger partial charge on any atom is 0.412 e. The Kier molecular flexibility index (Phi) is 4.90. The van der Waals surface area contributed by atoms with Crippen molar-refractivity contribution in [3.8, 4) is 0 Å². The zero-order valence-electron chi connectivity index (χ0n) is 13.9. The Bertz CT molecular complexity index is 415. The molecule has 0 aromatic carbocycles. The van der Waals surface area contributed by atoms with E-state index < -0.39 is 35.5 Å². The average Bonchev–Trinajstić information content (AvgIpc) is 2.57. The molecule has 1 fully saturated rings. The number of hydrogen-bond donors (Lipinski definition) is 2. The molecule has 0 aromatic rings. The second-order valence-electron chi connectivity index (χ2n) is 7.08. The molecule has 122 valence electrons. The van der Waals surface area contributed by atoms with Crippen LogP contribution in [0, 0.1) is 5.92 Å². The van der Waals surface area contributed by atoms with Gasteiger partial charge in [-0.25, -0.2) is 10.6 Å². The van der Waals surface area contributed by atoms with Crippen molar-refractivity contribution in [3.63, 3.8) is 0 Å². The summed E-state index contributed by atoms with van der Waals surface area (Å²) in [5, 5.41) is 0. The zero-order chi connectivity index (χ0) is 16.6. The second kappa shape index (κ2) is 5.81. The van der Waals surface area contributed by atoms with Gasteiger partial charge in [-0.1, -0.05) is 13.8 Å². The first-order chi connectivity index (χ1) is 9.40. The number of rotatable bonds is 2. The van der Waals surface area contributed by atoms with Crippen LogP contribution in [-0.2, 0) is 14.3 Å². The first-order valence-corrected chi connectivity index (χ1v) is 7.11. The minimum absolute atomic E-state index is 0.00148. The molecule has 0 bridgehead atoms. The molecule has 1 aliphatic rings. The van der Waals surface area contributed by atoms with Gasteiger partial charge in [-0.05, 0) is 40.5 Å². The van der Waals surface area contributed by atoms with Gasteiger partial charge in [0.1, 0.15) is 11.3 Å². The fourth-order valence-electron chi connectivity index (χ4n) is 2.52. The summed E-state index contributed by atoms with van der Waals surface area (Å²) in [6.07, 6.45) is -1.32. The Morgan fingerprint density at radius 1 is 1.33 bits per heavy atom. The summed E-state index contributed by atoms with van der Waals surface area (Å²) in [6, 6.07) is -0.446. The minimum Gasteiger partial charge on any atom is -0.444 e. The molecule has 2 amide bonds. The monoisotopic (exact) mass is 301 g/mol. The van der Waals surface area contributed by atoms with E-state index in [9.17, 15) is 9.59 Å². The van der Waals surface area contributed by atoms with Crippen LogP contribution in [0.15, 0.2) is 0 Å². The second-order valence-corrected chi connectivity index (χ2v) is 7.08. The van der Waals surface area contributed by atoms with Gasteiger partial charge in [0, 0.05) is 0 Å². The molecule has 1 rings (SSSR count). The standard InChI is InChI=1S/C14H27N3O4/c1-8(2)9-10(11(18)16-15)20-14(6,7)17(9)12(19)21-13(3,4)5/h8-10H,15H2,1-7H3,(H,16,18)/t9-,10+/m0/s1. The number of nitrogens with zero attached hydrogens (tertiary/aromatic N) is 1. The van der Waals surface area contributed by atoms with Crippen molar-refractivity contribution in [1.29, 1.82) is 0 Å². The summed E-state index contributed by atoms with van der Waals surface area (Å²) in [5.74, 6) is 4.76. The number of carbonyl (C=O) groups excluding carboxylic acids is 2. The van der Waals surface area contributed by atoms with Crippen LogP contribution in [-0.4, -0.2) is 40.4 Å². The molecule has 7 heteroatoms. The van der Waals surface area contributed by atoms with Crippen molar-refractivity contribution in [1.82, 2.24) is 10.3 Å². The Morgan fingerprint density at radius 3 is 2.24 bits per heavy atom. The molecule has 3 N–H and O–H groups in total. The highest BCUT2D eigenvalue weighted by molar-refractivity contribution is 5.83. The number of nitrogens with two attached hydrogens (primary N) is 1. The summed E-state index contributed by atoms with van der Waals surface area (Å²) in [7, 11) is 0. The average molecular weight is 301 g/mol. The van der Waals surface area contributed by atoms with E-state index in [0.29, 0.717) is 0 Å². The molecule has 1 aliphatic heterocycles. The quantitative estimate of drug-likeness (QED) is 0.456. The van der Waals surface area contributed by atoms with Gasteiger partial charge >= 0.3 is 6.09 Å². The van der Waals surface area contributed by atoms with Gasteiger partial charge < -0.3 is 9.47 Å². The summed E-state index contributed by atoms with van der Waals surface area (Å²) >= 11 is 0. The van der Waals surface area contributed by atoms with Crippen LogP contribution in [0.4, 0.5) is 4.79 Å². The Hall–Kier alpha value is -1.34. The Morgan fingerprint density at radius 2 is 1.86 bits per heavy atom. The SMILES string of the molecule is CC(C)[C@H]1[C@H](C(=O)NN)OC(C)(C)N1C(=O)OC(C)(C)C. The lowest BCUT2D eigenvalue weighted by molar-refractivity contribution is -0.138. The maximum atomic E-state index is 12.5. The van der Waals surface area contributed by atoms with Crippen LogP contribution >= 0.6 is 0 Å². The van der Waals surface area contributed by atoms with E-state index in [0.717, 1.165) is 0 Å². The molecule has 0 spiro atoms. The molecule has 0 unspecified atom stereocenters. The molecule has 0 radical (unpaired) electrons. The van der Waals surface area contributed by atoms with Crippen molar-refractivity contribution in [2.75, 3.05) is 0 Å². The Labute approximate surface area is 126 Å². The lowest BCUT2D eigenvalue weighted by Gasteiger charge is -2.36. The van der Waals surface area contributed by atoms with Crippen molar-refractivity contribution in [3.05, 3.63) is 0 Å². The van der Waals surface area contributed by atoms with Crippen LogP contribution < -0.4 is 11.3 Å². The number of nitrogens with one attached hydrogen (secondary N) is 1. The summed E-state index contributed by atoms with van der Waals surface area (Å²) < 4.78 is 11.2. The summed E-state index contributed by atoms with van der Waals surface area (Å²) in [6.45, 7) is 12.7. The molecule has 2 atom stereocenters. The number of hydrogen-bond acceptors (Lipinski definition) is 5. The van der Waals surface area contributed by atoms with Crippen LogP contribution in [0.1, 0.15) is 48.5 Å². The van der Waals surface area contributed by atoms with Crippen molar-refractivity contribution in [2.45, 2.75) is 71.9 Å². The van der Waals surface area contributed by atoms with Gasteiger partial charge in [-0.2, -0.15) is 0 Å². The van der Waals surface area contributed by atoms with E-state index >= 15 is 0 Å². The van der Waals surface area contributed by atoms with Crippen molar-refractivity contribution >= 4 is 12.0 Å². The number of ether oxygens (including phenoxy) is 2. The fourth-order valence-corrected chi connectivity index (χ4v) is 2.52. The van der Waals surface area contributed by atoms with Gasteiger partial charge in [0.15, 0.2) is 6.10 Å². The Balaban J connectivity index is 3.13. The lowest BCUT2D eigenvalue weighted by atomic mass is 9.97. The fraction of sp³-hybridized carbons (Fsp3) is 0.857. The van der Waals surface area contributed by atoms with E-state index in [-0.39, 0.29) is 5.92 Å². The van der Waals surface area contributed by atoms with Crippen LogP contribution in [0.25, 0.3) is 0 Å². The van der Waals surface area contributed by atoms with E-state index in [2.05, 4.69) is 5.43 Å². The molecule has 1 heterocycles. The molecule has 7 nitrogen and oxygen atoms in total. The predicted molar refractivity (Wildman–Crippen MR) is 78.0 cm³/mol. The minimum atomic E-state index is -0.950. The van der Waals surface area contributed by atoms with Gasteiger partial charge in [0.05, 0.1) is 6.04 Å². The number of carbonyl (C=O) groups is 2. The van der Waals surface area contributed by atoms with Gasteiger partial charge in [-0.15, -0.1) is 0 Å². The topological polar surface area (TPSA) is 93.9 Å². The third kappa shape index (κ3) is 3.85. The van der Waals surface area contributed by atoms with Gasteiger partial charge in [0.25, 0.3) is 5.91 Å². The van der Waals surface area contributed by atoms with E-state index in [4.69, 9.17) is 15.3 Å².